The highest BCUT2D eigenvalue weighted by Crippen LogP contribution is 2.12. The van der Waals surface area contributed by atoms with Gasteiger partial charge in [0.2, 0.25) is 5.91 Å². The van der Waals surface area contributed by atoms with E-state index in [1.54, 1.807) is 11.0 Å². The lowest BCUT2D eigenvalue weighted by atomic mass is 10.0. The lowest BCUT2D eigenvalue weighted by Crippen LogP contribution is -2.38. The minimum atomic E-state index is -0.276. The van der Waals surface area contributed by atoms with Gasteiger partial charge in [-0.05, 0) is 31.0 Å². The molecule has 0 heterocycles. The lowest BCUT2D eigenvalue weighted by Gasteiger charge is -2.25. The van der Waals surface area contributed by atoms with Gasteiger partial charge < -0.3 is 10.6 Å². The first-order chi connectivity index (χ1) is 8.62. The summed E-state index contributed by atoms with van der Waals surface area (Å²) in [6.45, 7) is 5.26. The number of amides is 1. The van der Waals surface area contributed by atoms with E-state index in [4.69, 9.17) is 5.73 Å². The Morgan fingerprint density at radius 1 is 1.44 bits per heavy atom. The minimum absolute atomic E-state index is 0.0479. The maximum absolute atomic E-state index is 13.1. The number of carbonyl (C=O) groups is 1. The van der Waals surface area contributed by atoms with Crippen LogP contribution in [0.2, 0.25) is 0 Å². The molecule has 0 saturated carbocycles. The van der Waals surface area contributed by atoms with Gasteiger partial charge in [0.25, 0.3) is 0 Å². The summed E-state index contributed by atoms with van der Waals surface area (Å²) in [5.74, 6) is -0.368. The second kappa shape index (κ2) is 7.11. The maximum atomic E-state index is 13.1. The Bertz CT molecular complexity index is 391. The molecule has 2 N–H and O–H groups in total. The first-order valence-electron chi connectivity index (χ1n) is 6.35. The molecule has 1 amide bonds. The fraction of sp³-hybridized carbons (Fsp3) is 0.500. The Kier molecular flexibility index (Phi) is 5.78. The van der Waals surface area contributed by atoms with Crippen LogP contribution < -0.4 is 5.73 Å². The van der Waals surface area contributed by atoms with Crippen LogP contribution >= 0.6 is 0 Å². The maximum Gasteiger partial charge on any atom is 0.227 e. The molecule has 4 heteroatoms. The third-order valence-corrected chi connectivity index (χ3v) is 3.08. The fourth-order valence-electron chi connectivity index (χ4n) is 1.90. The Labute approximate surface area is 108 Å². The Hall–Kier alpha value is -1.42. The average Bonchev–Trinajstić information content (AvgIpc) is 2.37. The van der Waals surface area contributed by atoms with Crippen LogP contribution in [0.4, 0.5) is 4.39 Å². The summed E-state index contributed by atoms with van der Waals surface area (Å²) in [6.07, 6.45) is 0.731. The highest BCUT2D eigenvalue weighted by molar-refractivity contribution is 5.79. The second-order valence-electron chi connectivity index (χ2n) is 4.32. The van der Waals surface area contributed by atoms with Crippen molar-refractivity contribution < 1.29 is 9.18 Å². The Morgan fingerprint density at radius 2 is 2.17 bits per heavy atom. The van der Waals surface area contributed by atoms with Crippen molar-refractivity contribution in [1.29, 1.82) is 0 Å². The van der Waals surface area contributed by atoms with Gasteiger partial charge in [-0.15, -0.1) is 0 Å². The molecule has 0 saturated heterocycles. The van der Waals surface area contributed by atoms with Gasteiger partial charge in [0.1, 0.15) is 5.82 Å². The van der Waals surface area contributed by atoms with Gasteiger partial charge in [-0.3, -0.25) is 4.79 Å². The van der Waals surface area contributed by atoms with Crippen LogP contribution in [0.1, 0.15) is 25.8 Å². The number of carbonyl (C=O) groups excluding carboxylic acids is 1. The van der Waals surface area contributed by atoms with E-state index in [-0.39, 0.29) is 17.6 Å². The van der Waals surface area contributed by atoms with Crippen LogP contribution in [0, 0.1) is 11.7 Å². The van der Waals surface area contributed by atoms with E-state index in [2.05, 4.69) is 0 Å². The molecule has 1 atom stereocenters. The molecule has 1 unspecified atom stereocenters. The summed E-state index contributed by atoms with van der Waals surface area (Å²) in [5.41, 5.74) is 6.39. The number of hydrogen-bond donors (Lipinski definition) is 1. The molecule has 1 aromatic carbocycles. The van der Waals surface area contributed by atoms with Crippen LogP contribution in [0.25, 0.3) is 0 Å². The van der Waals surface area contributed by atoms with Crippen molar-refractivity contribution in [2.24, 2.45) is 11.7 Å². The van der Waals surface area contributed by atoms with Crippen molar-refractivity contribution >= 4 is 5.91 Å². The first kappa shape index (κ1) is 14.6. The van der Waals surface area contributed by atoms with Crippen molar-refractivity contribution in [1.82, 2.24) is 4.90 Å². The third kappa shape index (κ3) is 3.81. The number of nitrogens with zero attached hydrogens (tertiary/aromatic N) is 1. The standard InChI is InChI=1S/C14H21FN2O/c1-3-12(9-16)14(18)17(4-2)10-11-6-5-7-13(15)8-11/h5-8,12H,3-4,9-10,16H2,1-2H3. The molecule has 0 aliphatic rings. The molecule has 0 bridgehead atoms. The third-order valence-electron chi connectivity index (χ3n) is 3.08. The van der Waals surface area contributed by atoms with Crippen LogP contribution in [0.3, 0.4) is 0 Å². The van der Waals surface area contributed by atoms with Crippen LogP contribution in [-0.2, 0) is 11.3 Å². The summed E-state index contributed by atoms with van der Waals surface area (Å²) in [7, 11) is 0. The second-order valence-corrected chi connectivity index (χ2v) is 4.32. The van der Waals surface area contributed by atoms with Crippen LogP contribution in [0.15, 0.2) is 24.3 Å². The number of halogens is 1. The molecule has 0 aliphatic carbocycles. The van der Waals surface area contributed by atoms with Gasteiger partial charge in [0.15, 0.2) is 0 Å². The Balaban J connectivity index is 2.75. The quantitative estimate of drug-likeness (QED) is 0.843. The molecular formula is C14H21FN2O. The van der Waals surface area contributed by atoms with E-state index in [0.717, 1.165) is 12.0 Å². The van der Waals surface area contributed by atoms with Crippen molar-refractivity contribution in [3.05, 3.63) is 35.6 Å². The number of benzene rings is 1. The van der Waals surface area contributed by atoms with E-state index >= 15 is 0 Å². The van der Waals surface area contributed by atoms with Crippen molar-refractivity contribution in [2.45, 2.75) is 26.8 Å². The highest BCUT2D eigenvalue weighted by atomic mass is 19.1. The van der Waals surface area contributed by atoms with Gasteiger partial charge in [0, 0.05) is 19.6 Å². The predicted molar refractivity (Wildman–Crippen MR) is 70.3 cm³/mol. The normalized spacial score (nSPS) is 12.2. The van der Waals surface area contributed by atoms with E-state index < -0.39 is 0 Å². The number of hydrogen-bond acceptors (Lipinski definition) is 2. The van der Waals surface area contributed by atoms with E-state index in [1.165, 1.54) is 12.1 Å². The zero-order valence-electron chi connectivity index (χ0n) is 11.0. The van der Waals surface area contributed by atoms with Crippen molar-refractivity contribution in [2.75, 3.05) is 13.1 Å². The molecule has 0 aliphatic heterocycles. The van der Waals surface area contributed by atoms with E-state index in [9.17, 15) is 9.18 Å². The zero-order valence-corrected chi connectivity index (χ0v) is 11.0. The molecule has 0 fully saturated rings. The molecule has 3 nitrogen and oxygen atoms in total. The summed E-state index contributed by atoms with van der Waals surface area (Å²) in [4.78, 5) is 13.9. The molecule has 1 aromatic rings. The van der Waals surface area contributed by atoms with Crippen LogP contribution in [-0.4, -0.2) is 23.9 Å². The topological polar surface area (TPSA) is 46.3 Å². The zero-order chi connectivity index (χ0) is 13.5. The van der Waals surface area contributed by atoms with Crippen molar-refractivity contribution in [3.8, 4) is 0 Å². The van der Waals surface area contributed by atoms with Gasteiger partial charge in [0.05, 0.1) is 5.92 Å². The minimum Gasteiger partial charge on any atom is -0.338 e. The number of nitrogens with two attached hydrogens (primary N) is 1. The van der Waals surface area contributed by atoms with Gasteiger partial charge in [-0.2, -0.15) is 0 Å². The van der Waals surface area contributed by atoms with E-state index in [1.807, 2.05) is 19.9 Å². The molecular weight excluding hydrogens is 231 g/mol. The SMILES string of the molecule is CCC(CN)C(=O)N(CC)Cc1cccc(F)c1. The van der Waals surface area contributed by atoms with Gasteiger partial charge in [-0.1, -0.05) is 19.1 Å². The molecule has 0 aromatic heterocycles. The summed E-state index contributed by atoms with van der Waals surface area (Å²) in [5, 5.41) is 0. The smallest absolute Gasteiger partial charge is 0.227 e. The van der Waals surface area contributed by atoms with Gasteiger partial charge in [-0.25, -0.2) is 4.39 Å². The van der Waals surface area contributed by atoms with Crippen LogP contribution in [0.5, 0.6) is 0 Å². The molecule has 0 spiro atoms. The average molecular weight is 252 g/mol. The number of rotatable bonds is 6. The highest BCUT2D eigenvalue weighted by Gasteiger charge is 2.20. The lowest BCUT2D eigenvalue weighted by molar-refractivity contribution is -0.135. The molecule has 18 heavy (non-hydrogen) atoms. The molecule has 100 valence electrons. The van der Waals surface area contributed by atoms with E-state index in [0.29, 0.717) is 19.6 Å². The molecule has 1 rings (SSSR count). The Morgan fingerprint density at radius 3 is 2.67 bits per heavy atom. The molecule has 0 radical (unpaired) electrons. The fourth-order valence-corrected chi connectivity index (χ4v) is 1.90. The summed E-state index contributed by atoms with van der Waals surface area (Å²) < 4.78 is 13.1. The monoisotopic (exact) mass is 252 g/mol. The first-order valence-corrected chi connectivity index (χ1v) is 6.35. The summed E-state index contributed by atoms with van der Waals surface area (Å²) in [6, 6.07) is 6.33. The summed E-state index contributed by atoms with van der Waals surface area (Å²) >= 11 is 0. The predicted octanol–water partition coefficient (Wildman–Crippen LogP) is 2.16. The van der Waals surface area contributed by atoms with Gasteiger partial charge >= 0.3 is 0 Å². The van der Waals surface area contributed by atoms with Crippen molar-refractivity contribution in [3.63, 3.8) is 0 Å². The largest absolute Gasteiger partial charge is 0.338 e.